The molecule has 16 heavy (non-hydrogen) atoms. The fraction of sp³-hybridized carbons (Fsp3) is 0.500. The van der Waals surface area contributed by atoms with Gasteiger partial charge in [0.25, 0.3) is 0 Å². The lowest BCUT2D eigenvalue weighted by molar-refractivity contribution is -0.138. The average Bonchev–Trinajstić information content (AvgIpc) is 2.28. The molecule has 0 aliphatic heterocycles. The number of hydrogen-bond donors (Lipinski definition) is 0. The second-order valence-electron chi connectivity index (χ2n) is 3.22. The smallest absolute Gasteiger partial charge is 0.333 e. The van der Waals surface area contributed by atoms with Gasteiger partial charge < -0.3 is 9.47 Å². The molecule has 4 heteroatoms. The Kier molecular flexibility index (Phi) is 7.85. The SMILES string of the molecule is CCCCOC(=O)/C=C/C=C(/C)C(=O)OC. The van der Waals surface area contributed by atoms with Crippen molar-refractivity contribution in [1.82, 2.24) is 0 Å². The van der Waals surface area contributed by atoms with E-state index in [1.165, 1.54) is 25.3 Å². The van der Waals surface area contributed by atoms with Crippen molar-refractivity contribution in [2.45, 2.75) is 26.7 Å². The minimum absolute atomic E-state index is 0.401. The zero-order valence-corrected chi connectivity index (χ0v) is 9.99. The molecule has 0 rings (SSSR count). The molecule has 0 saturated carbocycles. The molecule has 0 unspecified atom stereocenters. The Balaban J connectivity index is 3.99. The summed E-state index contributed by atoms with van der Waals surface area (Å²) in [6.45, 7) is 4.06. The van der Waals surface area contributed by atoms with Crippen LogP contribution in [-0.2, 0) is 19.1 Å². The molecule has 0 aromatic carbocycles. The number of hydrogen-bond acceptors (Lipinski definition) is 4. The van der Waals surface area contributed by atoms with E-state index in [-0.39, 0.29) is 0 Å². The highest BCUT2D eigenvalue weighted by Crippen LogP contribution is 1.96. The van der Waals surface area contributed by atoms with Crippen LogP contribution in [0, 0.1) is 0 Å². The van der Waals surface area contributed by atoms with Crippen LogP contribution < -0.4 is 0 Å². The summed E-state index contributed by atoms with van der Waals surface area (Å²) in [5.41, 5.74) is 0.431. The van der Waals surface area contributed by atoms with Crippen molar-refractivity contribution in [3.8, 4) is 0 Å². The normalized spacial score (nSPS) is 11.6. The molecule has 0 fully saturated rings. The van der Waals surface area contributed by atoms with Gasteiger partial charge in [0.2, 0.25) is 0 Å². The predicted molar refractivity (Wildman–Crippen MR) is 60.8 cm³/mol. The van der Waals surface area contributed by atoms with Gasteiger partial charge in [-0.25, -0.2) is 9.59 Å². The van der Waals surface area contributed by atoms with Crippen molar-refractivity contribution in [2.75, 3.05) is 13.7 Å². The van der Waals surface area contributed by atoms with Gasteiger partial charge in [-0.3, -0.25) is 0 Å². The predicted octanol–water partition coefficient (Wildman–Crippen LogP) is 2.01. The lowest BCUT2D eigenvalue weighted by atomic mass is 10.3. The van der Waals surface area contributed by atoms with E-state index in [0.717, 1.165) is 12.8 Å². The number of methoxy groups -OCH3 is 1. The minimum atomic E-state index is -0.413. The molecule has 0 radical (unpaired) electrons. The Morgan fingerprint density at radius 1 is 1.31 bits per heavy atom. The van der Waals surface area contributed by atoms with Crippen LogP contribution in [0.3, 0.4) is 0 Å². The van der Waals surface area contributed by atoms with Gasteiger partial charge >= 0.3 is 11.9 Å². The van der Waals surface area contributed by atoms with Crippen LogP contribution in [0.15, 0.2) is 23.8 Å². The summed E-state index contributed by atoms with van der Waals surface area (Å²) in [6.07, 6.45) is 6.10. The maximum absolute atomic E-state index is 11.1. The van der Waals surface area contributed by atoms with E-state index in [0.29, 0.717) is 12.2 Å². The highest BCUT2D eigenvalue weighted by Gasteiger charge is 2.00. The van der Waals surface area contributed by atoms with Gasteiger partial charge in [0.1, 0.15) is 0 Å². The molecular weight excluding hydrogens is 208 g/mol. The van der Waals surface area contributed by atoms with E-state index in [1.54, 1.807) is 6.92 Å². The van der Waals surface area contributed by atoms with Crippen LogP contribution in [0.4, 0.5) is 0 Å². The van der Waals surface area contributed by atoms with Gasteiger partial charge in [-0.1, -0.05) is 25.5 Å². The molecule has 0 aliphatic rings. The summed E-state index contributed by atoms with van der Waals surface area (Å²) in [5, 5.41) is 0. The van der Waals surface area contributed by atoms with Crippen LogP contribution in [0.5, 0.6) is 0 Å². The number of carbonyl (C=O) groups is 2. The second kappa shape index (κ2) is 8.71. The average molecular weight is 226 g/mol. The summed E-state index contributed by atoms with van der Waals surface area (Å²) in [6, 6.07) is 0. The highest BCUT2D eigenvalue weighted by atomic mass is 16.5. The number of unbranched alkanes of at least 4 members (excludes halogenated alkanes) is 1. The Hall–Kier alpha value is -1.58. The summed E-state index contributed by atoms with van der Waals surface area (Å²) < 4.78 is 9.37. The first kappa shape index (κ1) is 14.4. The fourth-order valence-corrected chi connectivity index (χ4v) is 0.865. The molecule has 90 valence electrons. The Bertz CT molecular complexity index is 289. The van der Waals surface area contributed by atoms with E-state index in [9.17, 15) is 9.59 Å². The van der Waals surface area contributed by atoms with Crippen molar-refractivity contribution in [3.63, 3.8) is 0 Å². The van der Waals surface area contributed by atoms with E-state index in [4.69, 9.17) is 4.74 Å². The maximum Gasteiger partial charge on any atom is 0.333 e. The van der Waals surface area contributed by atoms with Gasteiger partial charge in [0.05, 0.1) is 13.7 Å². The van der Waals surface area contributed by atoms with E-state index in [2.05, 4.69) is 4.74 Å². The lowest BCUT2D eigenvalue weighted by Gasteiger charge is -1.98. The number of carbonyl (C=O) groups excluding carboxylic acids is 2. The first-order chi connectivity index (χ1) is 7.61. The second-order valence-corrected chi connectivity index (χ2v) is 3.22. The largest absolute Gasteiger partial charge is 0.466 e. The molecule has 0 heterocycles. The van der Waals surface area contributed by atoms with E-state index in [1.807, 2.05) is 6.92 Å². The lowest BCUT2D eigenvalue weighted by Crippen LogP contribution is -2.02. The van der Waals surface area contributed by atoms with Gasteiger partial charge in [0, 0.05) is 11.6 Å². The van der Waals surface area contributed by atoms with Crippen LogP contribution in [-0.4, -0.2) is 25.7 Å². The van der Waals surface area contributed by atoms with Crippen LogP contribution in [0.2, 0.25) is 0 Å². The zero-order valence-electron chi connectivity index (χ0n) is 9.99. The third-order valence-electron chi connectivity index (χ3n) is 1.83. The Labute approximate surface area is 95.9 Å². The molecular formula is C12H18O4. The van der Waals surface area contributed by atoms with Crippen molar-refractivity contribution < 1.29 is 19.1 Å². The molecule has 0 spiro atoms. The standard InChI is InChI=1S/C12H18O4/c1-4-5-9-16-11(13)8-6-7-10(2)12(14)15-3/h6-8H,4-5,9H2,1-3H3/b8-6+,10-7-. The Morgan fingerprint density at radius 2 is 2.00 bits per heavy atom. The molecule has 0 aliphatic carbocycles. The van der Waals surface area contributed by atoms with Gasteiger partial charge in [-0.2, -0.15) is 0 Å². The topological polar surface area (TPSA) is 52.6 Å². The highest BCUT2D eigenvalue weighted by molar-refractivity contribution is 5.88. The molecule has 0 atom stereocenters. The monoisotopic (exact) mass is 226 g/mol. The van der Waals surface area contributed by atoms with Gasteiger partial charge in [-0.05, 0) is 13.3 Å². The van der Waals surface area contributed by atoms with Crippen molar-refractivity contribution in [2.24, 2.45) is 0 Å². The van der Waals surface area contributed by atoms with Gasteiger partial charge in [-0.15, -0.1) is 0 Å². The molecule has 0 N–H and O–H groups in total. The van der Waals surface area contributed by atoms with Crippen molar-refractivity contribution >= 4 is 11.9 Å². The van der Waals surface area contributed by atoms with Crippen molar-refractivity contribution in [1.29, 1.82) is 0 Å². The molecule has 0 saturated heterocycles. The number of esters is 2. The number of rotatable bonds is 6. The third kappa shape index (κ3) is 6.81. The summed E-state index contributed by atoms with van der Waals surface area (Å²) in [4.78, 5) is 22.0. The van der Waals surface area contributed by atoms with Crippen LogP contribution >= 0.6 is 0 Å². The molecule has 0 bridgehead atoms. The Morgan fingerprint density at radius 3 is 2.56 bits per heavy atom. The molecule has 4 nitrogen and oxygen atoms in total. The minimum Gasteiger partial charge on any atom is -0.466 e. The maximum atomic E-state index is 11.1. The van der Waals surface area contributed by atoms with E-state index < -0.39 is 11.9 Å². The molecule has 0 aromatic heterocycles. The quantitative estimate of drug-likeness (QED) is 0.301. The summed E-state index contributed by atoms with van der Waals surface area (Å²) >= 11 is 0. The van der Waals surface area contributed by atoms with Crippen LogP contribution in [0.25, 0.3) is 0 Å². The first-order valence-electron chi connectivity index (χ1n) is 5.21. The molecule has 0 amide bonds. The summed E-state index contributed by atoms with van der Waals surface area (Å²) in [5.74, 6) is -0.814. The molecule has 0 aromatic rings. The number of ether oxygens (including phenoxy) is 2. The first-order valence-corrected chi connectivity index (χ1v) is 5.21. The van der Waals surface area contributed by atoms with Gasteiger partial charge in [0.15, 0.2) is 0 Å². The van der Waals surface area contributed by atoms with E-state index >= 15 is 0 Å². The van der Waals surface area contributed by atoms with Crippen molar-refractivity contribution in [3.05, 3.63) is 23.8 Å². The summed E-state index contributed by atoms with van der Waals surface area (Å²) in [7, 11) is 1.31. The fourth-order valence-electron chi connectivity index (χ4n) is 0.865. The van der Waals surface area contributed by atoms with Crippen LogP contribution in [0.1, 0.15) is 26.7 Å². The number of allylic oxidation sites excluding steroid dienone is 2. The zero-order chi connectivity index (χ0) is 12.4. The third-order valence-corrected chi connectivity index (χ3v) is 1.83.